The zero-order valence-corrected chi connectivity index (χ0v) is 19.6. The van der Waals surface area contributed by atoms with Gasteiger partial charge in [0.15, 0.2) is 5.16 Å². The van der Waals surface area contributed by atoms with Crippen LogP contribution in [0.15, 0.2) is 35.6 Å². The molecule has 1 N–H and O–H groups in total. The molecule has 0 radical (unpaired) electrons. The molecule has 2 amide bonds. The van der Waals surface area contributed by atoms with Crippen molar-refractivity contribution in [3.05, 3.63) is 41.3 Å². The number of anilines is 1. The average molecular weight is 475 g/mol. The van der Waals surface area contributed by atoms with E-state index in [4.69, 9.17) is 11.6 Å². The van der Waals surface area contributed by atoms with Crippen molar-refractivity contribution >= 4 is 41.0 Å². The summed E-state index contributed by atoms with van der Waals surface area (Å²) < 4.78 is 0. The van der Waals surface area contributed by atoms with E-state index in [0.717, 1.165) is 24.4 Å². The van der Waals surface area contributed by atoms with E-state index in [1.807, 2.05) is 23.1 Å². The monoisotopic (exact) mass is 474 g/mol. The number of carbonyl (C=O) groups excluding carboxylic acids is 2. The minimum Gasteiger partial charge on any atom is -0.355 e. The highest BCUT2D eigenvalue weighted by atomic mass is 35.5. The van der Waals surface area contributed by atoms with Crippen LogP contribution in [0.2, 0.25) is 5.15 Å². The van der Waals surface area contributed by atoms with Crippen molar-refractivity contribution < 1.29 is 9.59 Å². The van der Waals surface area contributed by atoms with E-state index >= 15 is 0 Å². The zero-order valence-electron chi connectivity index (χ0n) is 18.0. The van der Waals surface area contributed by atoms with Gasteiger partial charge in [-0.3, -0.25) is 14.6 Å². The van der Waals surface area contributed by atoms with E-state index in [1.54, 1.807) is 12.3 Å². The molecule has 0 bridgehead atoms. The minimum absolute atomic E-state index is 0.0862. The molecule has 1 saturated carbocycles. The number of hydrogen-bond donors (Lipinski definition) is 1. The lowest BCUT2D eigenvalue weighted by molar-refractivity contribution is -0.135. The van der Waals surface area contributed by atoms with Crippen LogP contribution >= 0.6 is 23.4 Å². The number of nitrogens with zero attached hydrogens (tertiary/aromatic N) is 5. The first-order valence-electron chi connectivity index (χ1n) is 10.9. The molecule has 2 fully saturated rings. The van der Waals surface area contributed by atoms with E-state index in [0.29, 0.717) is 42.9 Å². The zero-order chi connectivity index (χ0) is 22.5. The predicted octanol–water partition coefficient (Wildman–Crippen LogP) is 2.42. The second kappa shape index (κ2) is 10.5. The van der Waals surface area contributed by atoms with E-state index in [1.165, 1.54) is 11.8 Å². The van der Waals surface area contributed by atoms with Crippen molar-refractivity contribution in [3.8, 4) is 0 Å². The fourth-order valence-electron chi connectivity index (χ4n) is 3.73. The molecule has 1 atom stereocenters. The molecule has 1 aliphatic heterocycles. The standard InChI is InChI=1S/C22H27ClN6O2S/c1-15-13-28(10-11-29(15)21(31)16-5-6-16)19-12-18(23)26-22(27-19)32-14-20(30)25-9-7-17-4-2-3-8-24-17/h2-4,8,12,15-16H,5-7,9-11,13-14H2,1H3,(H,25,30). The molecule has 4 rings (SSSR count). The topological polar surface area (TPSA) is 91.3 Å². The predicted molar refractivity (Wildman–Crippen MR) is 125 cm³/mol. The maximum absolute atomic E-state index is 12.4. The normalized spacial score (nSPS) is 18.5. The Hall–Kier alpha value is -2.39. The SMILES string of the molecule is CC1CN(c2cc(Cl)nc(SCC(=O)NCCc3ccccn3)n2)CCN1C(=O)C1CC1. The first-order chi connectivity index (χ1) is 15.5. The lowest BCUT2D eigenvalue weighted by Gasteiger charge is -2.40. The van der Waals surface area contributed by atoms with Crippen molar-refractivity contribution in [2.45, 2.75) is 37.4 Å². The third-order valence-electron chi connectivity index (χ3n) is 5.58. The lowest BCUT2D eigenvalue weighted by Crippen LogP contribution is -2.54. The summed E-state index contributed by atoms with van der Waals surface area (Å²) >= 11 is 7.50. The number of halogens is 1. The number of pyridine rings is 1. The number of aromatic nitrogens is 3. The number of amides is 2. The van der Waals surface area contributed by atoms with Gasteiger partial charge < -0.3 is 15.1 Å². The molecule has 2 aromatic heterocycles. The van der Waals surface area contributed by atoms with Gasteiger partial charge in [0.2, 0.25) is 11.8 Å². The fraction of sp³-hybridized carbons (Fsp3) is 0.500. The average Bonchev–Trinajstić information content (AvgIpc) is 3.63. The molecule has 0 spiro atoms. The summed E-state index contributed by atoms with van der Waals surface area (Å²) in [5.74, 6) is 1.37. The van der Waals surface area contributed by atoms with Crippen molar-refractivity contribution in [2.24, 2.45) is 5.92 Å². The quantitative estimate of drug-likeness (QED) is 0.357. The van der Waals surface area contributed by atoms with E-state index in [9.17, 15) is 9.59 Å². The van der Waals surface area contributed by atoms with E-state index in [-0.39, 0.29) is 29.5 Å². The summed E-state index contributed by atoms with van der Waals surface area (Å²) in [7, 11) is 0. The summed E-state index contributed by atoms with van der Waals surface area (Å²) in [6.07, 6.45) is 4.46. The molecule has 10 heteroatoms. The van der Waals surface area contributed by atoms with Gasteiger partial charge in [0, 0.05) is 62.5 Å². The molecule has 2 aliphatic rings. The van der Waals surface area contributed by atoms with Crippen LogP contribution in [-0.4, -0.2) is 69.6 Å². The van der Waals surface area contributed by atoms with Crippen LogP contribution in [0.5, 0.6) is 0 Å². The second-order valence-electron chi connectivity index (χ2n) is 8.14. The first kappa shape index (κ1) is 22.8. The number of piperazine rings is 1. The fourth-order valence-corrected chi connectivity index (χ4v) is 4.64. The lowest BCUT2D eigenvalue weighted by atomic mass is 10.1. The smallest absolute Gasteiger partial charge is 0.230 e. The van der Waals surface area contributed by atoms with Gasteiger partial charge in [0.1, 0.15) is 11.0 Å². The summed E-state index contributed by atoms with van der Waals surface area (Å²) in [6.45, 7) is 4.68. The Bertz CT molecular complexity index is 959. The Labute approximate surface area is 197 Å². The highest BCUT2D eigenvalue weighted by molar-refractivity contribution is 7.99. The van der Waals surface area contributed by atoms with Crippen molar-refractivity contribution in [2.75, 3.05) is 36.8 Å². The van der Waals surface area contributed by atoms with Crippen LogP contribution in [0.1, 0.15) is 25.5 Å². The number of rotatable bonds is 8. The molecule has 0 aromatic carbocycles. The van der Waals surface area contributed by atoms with Gasteiger partial charge in [-0.15, -0.1) is 0 Å². The van der Waals surface area contributed by atoms with Crippen molar-refractivity contribution in [3.63, 3.8) is 0 Å². The Morgan fingerprint density at radius 1 is 1.25 bits per heavy atom. The molecule has 3 heterocycles. The van der Waals surface area contributed by atoms with Crippen LogP contribution in [0.4, 0.5) is 5.82 Å². The maximum Gasteiger partial charge on any atom is 0.230 e. The van der Waals surface area contributed by atoms with Gasteiger partial charge in [-0.1, -0.05) is 29.4 Å². The summed E-state index contributed by atoms with van der Waals surface area (Å²) in [5.41, 5.74) is 0.941. The molecular formula is C22H27ClN6O2S. The Balaban J connectivity index is 1.28. The molecular weight excluding hydrogens is 448 g/mol. The van der Waals surface area contributed by atoms with Crippen LogP contribution in [0, 0.1) is 5.92 Å². The summed E-state index contributed by atoms with van der Waals surface area (Å²) in [6, 6.07) is 7.59. The van der Waals surface area contributed by atoms with Crippen molar-refractivity contribution in [1.29, 1.82) is 0 Å². The van der Waals surface area contributed by atoms with Gasteiger partial charge in [-0.2, -0.15) is 0 Å². The Morgan fingerprint density at radius 2 is 2.09 bits per heavy atom. The van der Waals surface area contributed by atoms with Gasteiger partial charge in [-0.05, 0) is 31.9 Å². The second-order valence-corrected chi connectivity index (χ2v) is 9.47. The number of thioether (sulfide) groups is 1. The van der Waals surface area contributed by atoms with Crippen LogP contribution in [0.3, 0.4) is 0 Å². The molecule has 2 aromatic rings. The third-order valence-corrected chi connectivity index (χ3v) is 6.62. The number of nitrogens with one attached hydrogen (secondary N) is 1. The molecule has 1 aliphatic carbocycles. The molecule has 1 unspecified atom stereocenters. The van der Waals surface area contributed by atoms with Gasteiger partial charge in [-0.25, -0.2) is 9.97 Å². The Morgan fingerprint density at radius 3 is 2.81 bits per heavy atom. The summed E-state index contributed by atoms with van der Waals surface area (Å²) in [5, 5.41) is 3.71. The molecule has 1 saturated heterocycles. The highest BCUT2D eigenvalue weighted by Crippen LogP contribution is 2.32. The molecule has 32 heavy (non-hydrogen) atoms. The van der Waals surface area contributed by atoms with Crippen LogP contribution < -0.4 is 10.2 Å². The third kappa shape index (κ3) is 6.10. The summed E-state index contributed by atoms with van der Waals surface area (Å²) in [4.78, 5) is 41.9. The first-order valence-corrected chi connectivity index (χ1v) is 12.3. The molecule has 170 valence electrons. The largest absolute Gasteiger partial charge is 0.355 e. The maximum atomic E-state index is 12.4. The highest BCUT2D eigenvalue weighted by Gasteiger charge is 2.37. The van der Waals surface area contributed by atoms with Gasteiger partial charge >= 0.3 is 0 Å². The van der Waals surface area contributed by atoms with E-state index in [2.05, 4.69) is 32.1 Å². The van der Waals surface area contributed by atoms with Crippen LogP contribution in [0.25, 0.3) is 0 Å². The Kier molecular flexibility index (Phi) is 7.47. The molecule has 8 nitrogen and oxygen atoms in total. The van der Waals surface area contributed by atoms with Crippen LogP contribution in [-0.2, 0) is 16.0 Å². The van der Waals surface area contributed by atoms with E-state index < -0.39 is 0 Å². The van der Waals surface area contributed by atoms with Gasteiger partial charge in [0.05, 0.1) is 5.75 Å². The van der Waals surface area contributed by atoms with Gasteiger partial charge in [0.25, 0.3) is 0 Å². The minimum atomic E-state index is -0.0862. The number of carbonyl (C=O) groups is 2. The van der Waals surface area contributed by atoms with Crippen molar-refractivity contribution in [1.82, 2.24) is 25.2 Å². The number of hydrogen-bond acceptors (Lipinski definition) is 7.